The third-order valence-corrected chi connectivity index (χ3v) is 3.33. The van der Waals surface area contributed by atoms with Crippen molar-refractivity contribution in [1.29, 1.82) is 0 Å². The van der Waals surface area contributed by atoms with E-state index in [9.17, 15) is 13.6 Å². The van der Waals surface area contributed by atoms with Gasteiger partial charge in [-0.3, -0.25) is 5.32 Å². The molecule has 1 N–H and O–H groups in total. The summed E-state index contributed by atoms with van der Waals surface area (Å²) in [5, 5.41) is 2.43. The van der Waals surface area contributed by atoms with E-state index in [1.165, 1.54) is 30.3 Å². The molecule has 3 rings (SSSR count). The highest BCUT2D eigenvalue weighted by Crippen LogP contribution is 2.27. The van der Waals surface area contributed by atoms with Crippen LogP contribution < -0.4 is 10.1 Å². The predicted molar refractivity (Wildman–Crippen MR) is 87.9 cm³/mol. The number of ether oxygens (including phenoxy) is 1. The van der Waals surface area contributed by atoms with Crippen LogP contribution in [-0.4, -0.2) is 6.09 Å². The Morgan fingerprint density at radius 2 is 1.46 bits per heavy atom. The lowest BCUT2D eigenvalue weighted by Crippen LogP contribution is -2.16. The Morgan fingerprint density at radius 1 is 0.792 bits per heavy atom. The molecule has 0 atom stereocenters. The van der Waals surface area contributed by atoms with Crippen LogP contribution in [0.2, 0.25) is 0 Å². The zero-order chi connectivity index (χ0) is 16.9. The average Bonchev–Trinajstić information content (AvgIpc) is 2.57. The monoisotopic (exact) mass is 325 g/mol. The van der Waals surface area contributed by atoms with Gasteiger partial charge >= 0.3 is 6.09 Å². The van der Waals surface area contributed by atoms with Gasteiger partial charge in [0.05, 0.1) is 0 Å². The number of carbonyl (C=O) groups excluding carboxylic acids is 1. The Morgan fingerprint density at radius 3 is 2.17 bits per heavy atom. The summed E-state index contributed by atoms with van der Waals surface area (Å²) < 4.78 is 33.0. The molecule has 3 aromatic rings. The summed E-state index contributed by atoms with van der Waals surface area (Å²) >= 11 is 0. The molecule has 0 aliphatic rings. The van der Waals surface area contributed by atoms with Crippen molar-refractivity contribution in [3.05, 3.63) is 84.4 Å². The number of anilines is 1. The van der Waals surface area contributed by atoms with E-state index in [0.717, 1.165) is 6.07 Å². The highest BCUT2D eigenvalue weighted by atomic mass is 19.1. The number of carbonyl (C=O) groups is 1. The van der Waals surface area contributed by atoms with E-state index in [4.69, 9.17) is 4.74 Å². The van der Waals surface area contributed by atoms with Crippen LogP contribution in [0.5, 0.6) is 5.75 Å². The second-order valence-corrected chi connectivity index (χ2v) is 5.00. The molecule has 24 heavy (non-hydrogen) atoms. The van der Waals surface area contributed by atoms with Crippen molar-refractivity contribution in [2.45, 2.75) is 0 Å². The largest absolute Gasteiger partial charge is 0.417 e. The second kappa shape index (κ2) is 6.91. The Balaban J connectivity index is 1.75. The molecule has 0 radical (unpaired) electrons. The van der Waals surface area contributed by atoms with E-state index in [-0.39, 0.29) is 16.8 Å². The van der Waals surface area contributed by atoms with Crippen molar-refractivity contribution < 1.29 is 18.3 Å². The maximum absolute atomic E-state index is 14.2. The second-order valence-electron chi connectivity index (χ2n) is 5.00. The zero-order valence-electron chi connectivity index (χ0n) is 12.5. The van der Waals surface area contributed by atoms with E-state index < -0.39 is 17.7 Å². The quantitative estimate of drug-likeness (QED) is 0.715. The molecule has 0 aliphatic carbocycles. The Labute approximate surface area is 137 Å². The van der Waals surface area contributed by atoms with Crippen LogP contribution in [0, 0.1) is 11.6 Å². The fourth-order valence-electron chi connectivity index (χ4n) is 2.23. The van der Waals surface area contributed by atoms with Crippen LogP contribution in [0.1, 0.15) is 0 Å². The van der Waals surface area contributed by atoms with Gasteiger partial charge in [0.1, 0.15) is 17.4 Å². The smallest absolute Gasteiger partial charge is 0.410 e. The van der Waals surface area contributed by atoms with Crippen molar-refractivity contribution in [2.75, 3.05) is 5.32 Å². The summed E-state index contributed by atoms with van der Waals surface area (Å²) in [6.45, 7) is 0. The summed E-state index contributed by atoms with van der Waals surface area (Å²) in [7, 11) is 0. The number of benzene rings is 3. The minimum absolute atomic E-state index is 0.120. The predicted octanol–water partition coefficient (Wildman–Crippen LogP) is 5.24. The number of halogens is 2. The first-order valence-electron chi connectivity index (χ1n) is 7.22. The molecule has 3 aromatic carbocycles. The van der Waals surface area contributed by atoms with Gasteiger partial charge in [-0.1, -0.05) is 36.4 Å². The minimum Gasteiger partial charge on any atom is -0.410 e. The number of para-hydroxylation sites is 1. The van der Waals surface area contributed by atoms with E-state index in [1.54, 1.807) is 36.4 Å². The Hall–Kier alpha value is -3.21. The van der Waals surface area contributed by atoms with E-state index in [0.29, 0.717) is 5.75 Å². The highest BCUT2D eigenvalue weighted by Gasteiger charge is 2.12. The summed E-state index contributed by atoms with van der Waals surface area (Å²) in [5.74, 6) is -0.781. The number of rotatable bonds is 3. The third kappa shape index (κ3) is 3.57. The maximum atomic E-state index is 14.2. The lowest BCUT2D eigenvalue weighted by Gasteiger charge is -2.09. The maximum Gasteiger partial charge on any atom is 0.417 e. The standard InChI is InChI=1S/C19H13F2NO2/c20-17-9-5-4-8-15(17)16-11-10-13(12-18(16)21)22-19(23)24-14-6-2-1-3-7-14/h1-12H,(H,22,23). The van der Waals surface area contributed by atoms with Gasteiger partial charge in [0.2, 0.25) is 0 Å². The molecule has 5 heteroatoms. The molecular formula is C19H13F2NO2. The topological polar surface area (TPSA) is 38.3 Å². The average molecular weight is 325 g/mol. The molecule has 1 amide bonds. The van der Waals surface area contributed by atoms with Gasteiger partial charge in [0.25, 0.3) is 0 Å². The van der Waals surface area contributed by atoms with Gasteiger partial charge in [-0.2, -0.15) is 0 Å². The third-order valence-electron chi connectivity index (χ3n) is 3.33. The zero-order valence-corrected chi connectivity index (χ0v) is 12.5. The van der Waals surface area contributed by atoms with Crippen molar-refractivity contribution in [3.63, 3.8) is 0 Å². The normalized spacial score (nSPS) is 10.2. The van der Waals surface area contributed by atoms with Crippen LogP contribution in [0.25, 0.3) is 11.1 Å². The lowest BCUT2D eigenvalue weighted by atomic mass is 10.0. The Kier molecular flexibility index (Phi) is 4.52. The molecule has 0 bridgehead atoms. The van der Waals surface area contributed by atoms with Crippen LogP contribution in [0.15, 0.2) is 72.8 Å². The van der Waals surface area contributed by atoms with Crippen molar-refractivity contribution in [1.82, 2.24) is 0 Å². The summed E-state index contributed by atoms with van der Waals surface area (Å²) in [4.78, 5) is 11.8. The van der Waals surface area contributed by atoms with Gasteiger partial charge in [-0.15, -0.1) is 0 Å². The molecular weight excluding hydrogens is 312 g/mol. The first kappa shape index (κ1) is 15.7. The molecule has 0 saturated carbocycles. The molecule has 0 heterocycles. The number of hydrogen-bond donors (Lipinski definition) is 1. The van der Waals surface area contributed by atoms with E-state index in [1.807, 2.05) is 0 Å². The molecule has 0 unspecified atom stereocenters. The highest BCUT2D eigenvalue weighted by molar-refractivity contribution is 5.86. The van der Waals surface area contributed by atoms with Crippen LogP contribution in [0.4, 0.5) is 19.3 Å². The number of amides is 1. The lowest BCUT2D eigenvalue weighted by molar-refractivity contribution is 0.215. The molecule has 0 aliphatic heterocycles. The first-order valence-corrected chi connectivity index (χ1v) is 7.22. The molecule has 0 saturated heterocycles. The fourth-order valence-corrected chi connectivity index (χ4v) is 2.23. The van der Waals surface area contributed by atoms with Crippen molar-refractivity contribution >= 4 is 11.8 Å². The molecule has 3 nitrogen and oxygen atoms in total. The molecule has 0 aromatic heterocycles. The summed E-state index contributed by atoms with van der Waals surface area (Å²) in [6.07, 6.45) is -0.737. The SMILES string of the molecule is O=C(Nc1ccc(-c2ccccc2F)c(F)c1)Oc1ccccc1. The van der Waals surface area contributed by atoms with Crippen molar-refractivity contribution in [2.24, 2.45) is 0 Å². The van der Waals surface area contributed by atoms with Gasteiger partial charge in [0, 0.05) is 16.8 Å². The van der Waals surface area contributed by atoms with Crippen LogP contribution >= 0.6 is 0 Å². The molecule has 120 valence electrons. The summed E-state index contributed by atoms with van der Waals surface area (Å²) in [5.41, 5.74) is 0.497. The van der Waals surface area contributed by atoms with Gasteiger partial charge in [-0.25, -0.2) is 13.6 Å². The first-order chi connectivity index (χ1) is 11.6. The number of hydrogen-bond acceptors (Lipinski definition) is 2. The van der Waals surface area contributed by atoms with E-state index in [2.05, 4.69) is 5.32 Å². The minimum atomic E-state index is -0.737. The van der Waals surface area contributed by atoms with Gasteiger partial charge in [0.15, 0.2) is 0 Å². The summed E-state index contributed by atoms with van der Waals surface area (Å²) in [6, 6.07) is 18.4. The molecule has 0 spiro atoms. The van der Waals surface area contributed by atoms with Gasteiger partial charge in [-0.05, 0) is 36.4 Å². The van der Waals surface area contributed by atoms with Crippen molar-refractivity contribution in [3.8, 4) is 16.9 Å². The Bertz CT molecular complexity index is 866. The van der Waals surface area contributed by atoms with Gasteiger partial charge < -0.3 is 4.74 Å². The van der Waals surface area contributed by atoms with Crippen LogP contribution in [0.3, 0.4) is 0 Å². The number of nitrogens with one attached hydrogen (secondary N) is 1. The van der Waals surface area contributed by atoms with Crippen LogP contribution in [-0.2, 0) is 0 Å². The molecule has 0 fully saturated rings. The van der Waals surface area contributed by atoms with E-state index >= 15 is 0 Å². The fraction of sp³-hybridized carbons (Fsp3) is 0.